The number of pyridine rings is 1. The smallest absolute Gasteiger partial charge is 0.324 e. The molecule has 5 atom stereocenters. The second-order valence-electron chi connectivity index (χ2n) is 18.7. The molecule has 3 fully saturated rings. The van der Waals surface area contributed by atoms with E-state index in [1.54, 1.807) is 7.11 Å². The predicted octanol–water partition coefficient (Wildman–Crippen LogP) is 6.81. The Bertz CT molecular complexity index is 2270. The quantitative estimate of drug-likeness (QED) is 0.199. The zero-order chi connectivity index (χ0) is 43.9. The number of benzene rings is 1. The lowest BCUT2D eigenvalue weighted by atomic mass is 9.84. The molecule has 7 heterocycles. The van der Waals surface area contributed by atoms with Gasteiger partial charge in [0.25, 0.3) is 5.91 Å². The monoisotopic (exact) mass is 867 g/mol. The molecule has 62 heavy (non-hydrogen) atoms. The largest absolute Gasteiger partial charge is 0.464 e. The van der Waals surface area contributed by atoms with Crippen LogP contribution in [0.5, 0.6) is 0 Å². The van der Waals surface area contributed by atoms with Crippen molar-refractivity contribution in [1.82, 2.24) is 40.1 Å². The van der Waals surface area contributed by atoms with E-state index < -0.39 is 23.5 Å². The number of urea groups is 1. The highest BCUT2D eigenvalue weighted by Crippen LogP contribution is 2.43. The Morgan fingerprint density at radius 2 is 1.82 bits per heavy atom. The van der Waals surface area contributed by atoms with Gasteiger partial charge in [0.2, 0.25) is 0 Å². The second kappa shape index (κ2) is 18.3. The molecule has 4 aromatic rings. The first-order valence-electron chi connectivity index (χ1n) is 22.6. The highest BCUT2D eigenvalue weighted by Gasteiger charge is 2.38. The minimum atomic E-state index is -0.892. The molecule has 1 aromatic carbocycles. The molecule has 0 saturated carbocycles. The number of carbonyl (C=O) groups is 3. The molecule has 4 aliphatic heterocycles. The number of thiazole rings is 1. The van der Waals surface area contributed by atoms with Crippen molar-refractivity contribution in [3.05, 3.63) is 52.1 Å². The van der Waals surface area contributed by atoms with Crippen molar-refractivity contribution in [2.45, 2.75) is 123 Å². The predicted molar refractivity (Wildman–Crippen MR) is 244 cm³/mol. The van der Waals surface area contributed by atoms with Gasteiger partial charge in [0.1, 0.15) is 12.1 Å². The van der Waals surface area contributed by atoms with Crippen molar-refractivity contribution < 1.29 is 23.9 Å². The molecule has 0 spiro atoms. The molecule has 3 aromatic heterocycles. The second-order valence-corrected chi connectivity index (χ2v) is 19.7. The number of nitrogens with one attached hydrogen (secondary N) is 2. The van der Waals surface area contributed by atoms with Crippen LogP contribution in [0.25, 0.3) is 33.4 Å². The number of piperazine rings is 1. The third-order valence-corrected chi connectivity index (χ3v) is 14.4. The van der Waals surface area contributed by atoms with E-state index in [0.717, 1.165) is 107 Å². The van der Waals surface area contributed by atoms with Crippen molar-refractivity contribution >= 4 is 45.8 Å². The summed E-state index contributed by atoms with van der Waals surface area (Å²) in [6, 6.07) is 7.14. The van der Waals surface area contributed by atoms with Crippen molar-refractivity contribution in [3.63, 3.8) is 0 Å². The molecule has 8 rings (SSSR count). The van der Waals surface area contributed by atoms with Crippen LogP contribution in [0, 0.1) is 5.41 Å². The first-order chi connectivity index (χ1) is 29.7. The number of rotatable bonds is 6. The number of aryl methyl sites for hydroxylation is 1. The van der Waals surface area contributed by atoms with Gasteiger partial charge < -0.3 is 34.1 Å². The maximum atomic E-state index is 14.4. The fraction of sp³-hybridized carbons (Fsp3) is 0.596. The average Bonchev–Trinajstić information content (AvgIpc) is 3.86. The summed E-state index contributed by atoms with van der Waals surface area (Å²) in [6.07, 6.45) is 6.63. The number of likely N-dealkylation sites (tertiary alicyclic amines) is 1. The summed E-state index contributed by atoms with van der Waals surface area (Å²) in [5.41, 5.74) is 10.8. The topological polar surface area (TPSA) is 137 Å². The fourth-order valence-corrected chi connectivity index (χ4v) is 10.7. The lowest BCUT2D eigenvalue weighted by molar-refractivity contribution is -0.155. The third-order valence-electron chi connectivity index (χ3n) is 13.5. The number of amides is 3. The Morgan fingerprint density at radius 3 is 2.55 bits per heavy atom. The maximum absolute atomic E-state index is 14.4. The number of aromatic nitrogens is 3. The van der Waals surface area contributed by atoms with Crippen LogP contribution in [0.2, 0.25) is 0 Å². The van der Waals surface area contributed by atoms with E-state index in [-0.39, 0.29) is 43.2 Å². The van der Waals surface area contributed by atoms with Crippen LogP contribution in [0.3, 0.4) is 0 Å². The van der Waals surface area contributed by atoms with Gasteiger partial charge in [-0.25, -0.2) is 15.2 Å². The number of ether oxygens (including phenoxy) is 2. The number of hydrazine groups is 1. The number of esters is 1. The summed E-state index contributed by atoms with van der Waals surface area (Å²) in [7, 11) is 3.90. The lowest BCUT2D eigenvalue weighted by Crippen LogP contribution is -2.62. The van der Waals surface area contributed by atoms with E-state index in [4.69, 9.17) is 19.4 Å². The van der Waals surface area contributed by atoms with Crippen LogP contribution in [-0.2, 0) is 38.4 Å². The van der Waals surface area contributed by atoms with E-state index >= 15 is 0 Å². The Hall–Kier alpha value is -4.57. The van der Waals surface area contributed by atoms with Gasteiger partial charge in [-0.05, 0) is 97.0 Å². The Kier molecular flexibility index (Phi) is 13.0. The molecule has 0 radical (unpaired) electrons. The zero-order valence-corrected chi connectivity index (χ0v) is 38.6. The van der Waals surface area contributed by atoms with Crippen LogP contribution in [0.4, 0.5) is 10.5 Å². The Balaban J connectivity index is 1.24. The summed E-state index contributed by atoms with van der Waals surface area (Å²) in [6.45, 7) is 17.8. The van der Waals surface area contributed by atoms with E-state index in [9.17, 15) is 14.4 Å². The first-order valence-corrected chi connectivity index (χ1v) is 23.5. The molecule has 14 nitrogen and oxygen atoms in total. The first kappa shape index (κ1) is 44.1. The number of methoxy groups -OCH3 is 1. The molecule has 2 N–H and O–H groups in total. The summed E-state index contributed by atoms with van der Waals surface area (Å²) < 4.78 is 14.5. The van der Waals surface area contributed by atoms with Gasteiger partial charge >= 0.3 is 12.0 Å². The number of hydrogen-bond donors (Lipinski definition) is 2. The minimum Gasteiger partial charge on any atom is -0.464 e. The van der Waals surface area contributed by atoms with Crippen LogP contribution in [0.1, 0.15) is 96.0 Å². The van der Waals surface area contributed by atoms with Crippen LogP contribution in [0.15, 0.2) is 35.8 Å². The molecule has 3 amide bonds. The maximum Gasteiger partial charge on any atom is 0.324 e. The fourth-order valence-electron chi connectivity index (χ4n) is 9.88. The number of carbonyl (C=O) groups excluding carboxylic acids is 3. The normalized spacial score (nSPS) is 24.5. The van der Waals surface area contributed by atoms with Gasteiger partial charge in [-0.2, -0.15) is 0 Å². The van der Waals surface area contributed by atoms with E-state index in [1.165, 1.54) is 16.3 Å². The molecule has 15 heteroatoms. The van der Waals surface area contributed by atoms with Crippen molar-refractivity contribution in [1.29, 1.82) is 0 Å². The highest BCUT2D eigenvalue weighted by atomic mass is 32.1. The number of fused-ring (bicyclic) bond motifs is 6. The third kappa shape index (κ3) is 8.95. The molecule has 6 bridgehead atoms. The average molecular weight is 868 g/mol. The van der Waals surface area contributed by atoms with E-state index in [0.29, 0.717) is 25.8 Å². The van der Waals surface area contributed by atoms with Gasteiger partial charge in [0.05, 0.1) is 46.7 Å². The molecule has 4 aliphatic rings. The summed E-state index contributed by atoms with van der Waals surface area (Å²) in [4.78, 5) is 59.2. The molecular weight excluding hydrogens is 803 g/mol. The number of nitrogens with zero attached hydrogens (tertiary/aromatic N) is 7. The molecular formula is C47H65N9O5S. The Labute approximate surface area is 370 Å². The number of cyclic esters (lactones) is 1. The van der Waals surface area contributed by atoms with Crippen LogP contribution < -0.4 is 15.6 Å². The van der Waals surface area contributed by atoms with Gasteiger partial charge in [-0.3, -0.25) is 19.6 Å². The van der Waals surface area contributed by atoms with Gasteiger partial charge in [-0.1, -0.05) is 19.9 Å². The molecule has 334 valence electrons. The lowest BCUT2D eigenvalue weighted by Gasteiger charge is -2.40. The molecule has 0 aliphatic carbocycles. The van der Waals surface area contributed by atoms with Crippen LogP contribution >= 0.6 is 11.3 Å². The minimum absolute atomic E-state index is 0.0612. The number of piperidine rings is 1. The van der Waals surface area contributed by atoms with E-state index in [1.807, 2.05) is 16.5 Å². The highest BCUT2D eigenvalue weighted by molar-refractivity contribution is 7.10. The van der Waals surface area contributed by atoms with Crippen molar-refractivity contribution in [3.8, 4) is 22.5 Å². The Morgan fingerprint density at radius 1 is 1.06 bits per heavy atom. The molecule has 3 saturated heterocycles. The van der Waals surface area contributed by atoms with Gasteiger partial charge in [0, 0.05) is 97.7 Å². The summed E-state index contributed by atoms with van der Waals surface area (Å²) in [5, 5.41) is 8.52. The van der Waals surface area contributed by atoms with Crippen LogP contribution in [-0.4, -0.2) is 125 Å². The van der Waals surface area contributed by atoms with Crippen molar-refractivity contribution in [2.75, 3.05) is 58.4 Å². The summed E-state index contributed by atoms with van der Waals surface area (Å²) >= 11 is 1.49. The molecule has 0 unspecified atom stereocenters. The van der Waals surface area contributed by atoms with Gasteiger partial charge in [0.15, 0.2) is 0 Å². The van der Waals surface area contributed by atoms with E-state index in [2.05, 4.69) is 98.0 Å². The number of hydrogen-bond acceptors (Lipinski definition) is 11. The van der Waals surface area contributed by atoms with Gasteiger partial charge in [-0.15, -0.1) is 11.3 Å². The number of likely N-dealkylation sites (N-methyl/N-ethyl adjacent to an activating group) is 1. The van der Waals surface area contributed by atoms with Crippen molar-refractivity contribution in [2.24, 2.45) is 5.41 Å². The standard InChI is InChI=1S/C47H65N9O5S/c1-9-54-40-16-15-32-22-34(40)36(43(54)35-23-33(26-48-42(35)31(4)60-8)53-20-18-52(7)19-21-53)25-47(5,6)28-61-45(58)37-14-11-17-55(51-37)44(57)38(24-41-49-39(32)27-62-41)50-46(59)56-29(2)12-10-13-30(56)3/h15-16,22-23,26-27,29-31,37-38,51H,9-14,17-21,24-25,28H2,1-8H3,(H,50,59)/t29-,30-,31-,37-,38-/m0/s1. The number of anilines is 1. The SMILES string of the molecule is CCn1c(-c2cc(N3CCN(C)CC3)cnc2[C@H](C)OC)c2c3cc(ccc31)-c1csc(n1)C[C@H](NC(=O)N1[C@@H](C)CCC[C@@H]1C)C(=O)N1CCC[C@H](N1)C(=O)OCC(C)(C)C2. The zero-order valence-electron chi connectivity index (χ0n) is 37.8. The summed E-state index contributed by atoms with van der Waals surface area (Å²) in [5.74, 6) is -0.684.